The van der Waals surface area contributed by atoms with E-state index in [4.69, 9.17) is 9.47 Å². The first-order valence-electron chi connectivity index (χ1n) is 7.59. The molecule has 2 aromatic rings. The minimum Gasteiger partial charge on any atom is -0.466 e. The lowest BCUT2D eigenvalue weighted by Gasteiger charge is -2.13. The second-order valence-corrected chi connectivity index (χ2v) is 5.04. The fourth-order valence-electron chi connectivity index (χ4n) is 1.95. The second kappa shape index (κ2) is 8.28. The van der Waals surface area contributed by atoms with Gasteiger partial charge in [0.1, 0.15) is 0 Å². The number of nitrogens with zero attached hydrogens (tertiary/aromatic N) is 3. The van der Waals surface area contributed by atoms with Crippen LogP contribution in [0, 0.1) is 0 Å². The highest BCUT2D eigenvalue weighted by molar-refractivity contribution is 5.71. The lowest BCUT2D eigenvalue weighted by atomic mass is 10.2. The van der Waals surface area contributed by atoms with Gasteiger partial charge in [-0.2, -0.15) is 5.10 Å². The number of unbranched alkanes of at least 4 members (excludes halogenated alkanes) is 1. The molecule has 7 nitrogen and oxygen atoms in total. The Bertz CT molecular complexity index is 626. The summed E-state index contributed by atoms with van der Waals surface area (Å²) in [5.74, 6) is -0.181. The van der Waals surface area contributed by atoms with Crippen LogP contribution in [0.5, 0.6) is 5.88 Å². The van der Waals surface area contributed by atoms with Crippen molar-refractivity contribution in [3.05, 3.63) is 36.3 Å². The summed E-state index contributed by atoms with van der Waals surface area (Å²) < 4.78 is 12.0. The molecule has 0 radical (unpaired) electrons. The molecule has 0 unspecified atom stereocenters. The fourth-order valence-corrected chi connectivity index (χ4v) is 1.95. The van der Waals surface area contributed by atoms with Gasteiger partial charge in [-0.05, 0) is 25.5 Å². The molecule has 1 N–H and O–H groups in total. The number of carbonyl (C=O) groups excluding carboxylic acids is 1. The van der Waals surface area contributed by atoms with E-state index < -0.39 is 12.1 Å². The van der Waals surface area contributed by atoms with Gasteiger partial charge in [0, 0.05) is 18.5 Å². The molecule has 0 amide bonds. The van der Waals surface area contributed by atoms with Crippen LogP contribution in [-0.4, -0.2) is 39.1 Å². The van der Waals surface area contributed by atoms with E-state index in [1.54, 1.807) is 42.2 Å². The maximum absolute atomic E-state index is 11.5. The maximum Gasteiger partial charge on any atom is 0.344 e. The van der Waals surface area contributed by atoms with Gasteiger partial charge in [0.05, 0.1) is 24.1 Å². The fraction of sp³-hybridized carbons (Fsp3) is 0.438. The minimum absolute atomic E-state index is 0.211. The molecule has 0 fully saturated rings. The Balaban J connectivity index is 2.04. The number of aromatic nitrogens is 3. The van der Waals surface area contributed by atoms with Crippen molar-refractivity contribution < 1.29 is 19.4 Å². The summed E-state index contributed by atoms with van der Waals surface area (Å²) in [5, 5.41) is 14.0. The van der Waals surface area contributed by atoms with Crippen molar-refractivity contribution in [1.82, 2.24) is 14.8 Å². The molecule has 23 heavy (non-hydrogen) atoms. The molecule has 0 bridgehead atoms. The van der Waals surface area contributed by atoms with Crippen LogP contribution in [0.2, 0.25) is 0 Å². The first kappa shape index (κ1) is 17.0. The summed E-state index contributed by atoms with van der Waals surface area (Å²) in [4.78, 5) is 15.8. The van der Waals surface area contributed by atoms with Crippen LogP contribution in [0.15, 0.2) is 30.6 Å². The monoisotopic (exact) mass is 319 g/mol. The Hall–Kier alpha value is -2.41. The SMILES string of the molecule is CCCCOC(=O)COc1ccc(-n2cccn2)c([C@@H](C)O)n1. The number of pyridine rings is 1. The Morgan fingerprint density at radius 2 is 2.26 bits per heavy atom. The topological polar surface area (TPSA) is 86.5 Å². The smallest absolute Gasteiger partial charge is 0.344 e. The molecule has 0 aliphatic rings. The molecule has 1 atom stereocenters. The average Bonchev–Trinajstić information content (AvgIpc) is 3.07. The zero-order valence-corrected chi connectivity index (χ0v) is 13.3. The Kier molecular flexibility index (Phi) is 6.10. The van der Waals surface area contributed by atoms with Crippen molar-refractivity contribution in [1.29, 1.82) is 0 Å². The minimum atomic E-state index is -0.797. The van der Waals surface area contributed by atoms with Gasteiger partial charge in [0.25, 0.3) is 0 Å². The van der Waals surface area contributed by atoms with Crippen LogP contribution in [-0.2, 0) is 9.53 Å². The molecule has 0 saturated heterocycles. The summed E-state index contributed by atoms with van der Waals surface area (Å²) in [6.45, 7) is 3.81. The largest absolute Gasteiger partial charge is 0.466 e. The zero-order valence-electron chi connectivity index (χ0n) is 13.3. The predicted molar refractivity (Wildman–Crippen MR) is 83.4 cm³/mol. The molecule has 2 heterocycles. The number of rotatable bonds is 8. The van der Waals surface area contributed by atoms with Gasteiger partial charge in [-0.1, -0.05) is 13.3 Å². The highest BCUT2D eigenvalue weighted by Crippen LogP contribution is 2.22. The molecule has 2 aromatic heterocycles. The average molecular weight is 319 g/mol. The van der Waals surface area contributed by atoms with Gasteiger partial charge < -0.3 is 14.6 Å². The van der Waals surface area contributed by atoms with Crippen LogP contribution in [0.3, 0.4) is 0 Å². The maximum atomic E-state index is 11.5. The molecule has 0 aliphatic carbocycles. The van der Waals surface area contributed by atoms with Crippen LogP contribution < -0.4 is 4.74 Å². The van der Waals surface area contributed by atoms with Gasteiger partial charge in [-0.25, -0.2) is 14.5 Å². The van der Waals surface area contributed by atoms with Gasteiger partial charge >= 0.3 is 5.97 Å². The highest BCUT2D eigenvalue weighted by Gasteiger charge is 2.14. The molecule has 124 valence electrons. The van der Waals surface area contributed by atoms with Crippen LogP contribution in [0.1, 0.15) is 38.5 Å². The Morgan fingerprint density at radius 1 is 1.43 bits per heavy atom. The summed E-state index contributed by atoms with van der Waals surface area (Å²) in [6, 6.07) is 5.14. The molecule has 2 rings (SSSR count). The van der Waals surface area contributed by atoms with Crippen LogP contribution >= 0.6 is 0 Å². The number of aliphatic hydroxyl groups excluding tert-OH is 1. The lowest BCUT2D eigenvalue weighted by molar-refractivity contribution is -0.146. The molecular weight excluding hydrogens is 298 g/mol. The van der Waals surface area contributed by atoms with E-state index in [1.807, 2.05) is 6.92 Å². The quantitative estimate of drug-likeness (QED) is 0.592. The summed E-state index contributed by atoms with van der Waals surface area (Å²) in [7, 11) is 0. The third-order valence-electron chi connectivity index (χ3n) is 3.12. The van der Waals surface area contributed by atoms with Gasteiger partial charge in [0.2, 0.25) is 5.88 Å². The molecular formula is C16H21N3O4. The third-order valence-corrected chi connectivity index (χ3v) is 3.12. The van der Waals surface area contributed by atoms with Crippen molar-refractivity contribution in [2.45, 2.75) is 32.8 Å². The Labute approximate surface area is 134 Å². The number of esters is 1. The van der Waals surface area contributed by atoms with Gasteiger partial charge in [-0.3, -0.25) is 0 Å². The first-order chi connectivity index (χ1) is 11.1. The van der Waals surface area contributed by atoms with Crippen molar-refractivity contribution in [3.8, 4) is 11.6 Å². The van der Waals surface area contributed by atoms with E-state index >= 15 is 0 Å². The highest BCUT2D eigenvalue weighted by atomic mass is 16.6. The number of carbonyl (C=O) groups is 1. The molecule has 0 saturated carbocycles. The van der Waals surface area contributed by atoms with Gasteiger partial charge in [0.15, 0.2) is 6.61 Å². The first-order valence-corrected chi connectivity index (χ1v) is 7.59. The third kappa shape index (κ3) is 4.79. The molecule has 0 aliphatic heterocycles. The number of ether oxygens (including phenoxy) is 2. The van der Waals surface area contributed by atoms with Crippen molar-refractivity contribution in [3.63, 3.8) is 0 Å². The summed E-state index contributed by atoms with van der Waals surface area (Å²) >= 11 is 0. The van der Waals surface area contributed by atoms with Crippen LogP contribution in [0.4, 0.5) is 0 Å². The van der Waals surface area contributed by atoms with Crippen molar-refractivity contribution in [2.24, 2.45) is 0 Å². The standard InChI is InChI=1S/C16H21N3O4/c1-3-4-10-22-15(21)11-23-14-7-6-13(16(18-14)12(2)20)19-9-5-8-17-19/h5-9,12,20H,3-4,10-11H2,1-2H3/t12-/m1/s1. The normalized spacial score (nSPS) is 12.0. The van der Waals surface area contributed by atoms with E-state index in [-0.39, 0.29) is 12.5 Å². The summed E-state index contributed by atoms with van der Waals surface area (Å²) in [6.07, 6.45) is 4.39. The molecule has 7 heteroatoms. The van der Waals surface area contributed by atoms with Gasteiger partial charge in [-0.15, -0.1) is 0 Å². The predicted octanol–water partition coefficient (Wildman–Crippen LogP) is 2.04. The molecule has 0 spiro atoms. The van der Waals surface area contributed by atoms with E-state index in [9.17, 15) is 9.90 Å². The number of aliphatic hydroxyl groups is 1. The lowest BCUT2D eigenvalue weighted by Crippen LogP contribution is -2.16. The van der Waals surface area contributed by atoms with E-state index in [1.165, 1.54) is 0 Å². The number of hydrogen-bond acceptors (Lipinski definition) is 6. The number of hydrogen-bond donors (Lipinski definition) is 1. The summed E-state index contributed by atoms with van der Waals surface area (Å²) in [5.41, 5.74) is 1.08. The van der Waals surface area contributed by atoms with Crippen molar-refractivity contribution >= 4 is 5.97 Å². The Morgan fingerprint density at radius 3 is 2.91 bits per heavy atom. The zero-order chi connectivity index (χ0) is 16.7. The van der Waals surface area contributed by atoms with E-state index in [2.05, 4.69) is 10.1 Å². The molecule has 0 aromatic carbocycles. The van der Waals surface area contributed by atoms with E-state index in [0.29, 0.717) is 18.0 Å². The second-order valence-electron chi connectivity index (χ2n) is 5.04. The van der Waals surface area contributed by atoms with Crippen LogP contribution in [0.25, 0.3) is 5.69 Å². The van der Waals surface area contributed by atoms with Crippen molar-refractivity contribution in [2.75, 3.05) is 13.2 Å². The van der Waals surface area contributed by atoms with E-state index in [0.717, 1.165) is 12.8 Å².